The van der Waals surface area contributed by atoms with Crippen LogP contribution in [0.25, 0.3) is 0 Å². The zero-order valence-electron chi connectivity index (χ0n) is 25.4. The number of rotatable bonds is 22. The summed E-state index contributed by atoms with van der Waals surface area (Å²) in [5.74, 6) is 1.71. The largest absolute Gasteiger partial charge is 0.494 e. The summed E-state index contributed by atoms with van der Waals surface area (Å²) in [7, 11) is 8.68. The van der Waals surface area contributed by atoms with Gasteiger partial charge in [-0.1, -0.05) is 0 Å². The lowest BCUT2D eigenvalue weighted by Gasteiger charge is -2.28. The number of aliphatic hydroxyl groups is 2. The minimum absolute atomic E-state index is 0.248. The smallest absolute Gasteiger partial charge is 0.119 e. The van der Waals surface area contributed by atoms with Gasteiger partial charge in [0.15, 0.2) is 0 Å². The first-order valence-corrected chi connectivity index (χ1v) is 15.0. The lowest BCUT2D eigenvalue weighted by molar-refractivity contribution is -0.890. The molecule has 0 heterocycles. The lowest BCUT2D eigenvalue weighted by Crippen LogP contribution is -2.42. The molecule has 8 heteroatoms. The standard InChI is InChI=1S/C32H54N4O4/c1-35(2,23-25-37)21-9-5-7-11-27-39-31-17-13-29(14-18-31)33-34-30-15-19-32(20-16-30)40-28-12-8-6-10-22-36(3,4)24-26-38/h13-20,37-38H,5-12,21-28H2,1-4H3/q+2. The summed E-state index contributed by atoms with van der Waals surface area (Å²) in [5, 5.41) is 26.9. The molecule has 0 spiro atoms. The molecule has 2 N–H and O–H groups in total. The van der Waals surface area contributed by atoms with Crippen LogP contribution in [-0.2, 0) is 0 Å². The van der Waals surface area contributed by atoms with Crippen LogP contribution in [-0.4, -0.2) is 100.0 Å². The van der Waals surface area contributed by atoms with Crippen molar-refractivity contribution in [1.82, 2.24) is 0 Å². The predicted octanol–water partition coefficient (Wildman–Crippen LogP) is 6.12. The van der Waals surface area contributed by atoms with E-state index in [1.54, 1.807) is 0 Å². The number of quaternary nitrogens is 2. The van der Waals surface area contributed by atoms with Crippen LogP contribution in [0.2, 0.25) is 0 Å². The Morgan fingerprint density at radius 2 is 0.850 bits per heavy atom. The summed E-state index contributed by atoms with van der Waals surface area (Å²) in [6.45, 7) is 5.75. The van der Waals surface area contributed by atoms with Crippen LogP contribution >= 0.6 is 0 Å². The Kier molecular flexibility index (Phi) is 15.8. The average molecular weight is 559 g/mol. The molecule has 2 aromatic rings. The number of azo groups is 1. The van der Waals surface area contributed by atoms with Crippen LogP contribution in [0.4, 0.5) is 11.4 Å². The van der Waals surface area contributed by atoms with Crippen molar-refractivity contribution in [3.05, 3.63) is 48.5 Å². The third-order valence-electron chi connectivity index (χ3n) is 7.22. The molecule has 0 unspecified atom stereocenters. The fourth-order valence-electron chi connectivity index (χ4n) is 4.47. The van der Waals surface area contributed by atoms with E-state index in [1.807, 2.05) is 48.5 Å². The summed E-state index contributed by atoms with van der Waals surface area (Å²) in [6, 6.07) is 15.4. The van der Waals surface area contributed by atoms with Gasteiger partial charge >= 0.3 is 0 Å². The number of hydrogen-bond donors (Lipinski definition) is 2. The van der Waals surface area contributed by atoms with Gasteiger partial charge in [0.05, 0.1) is 79.1 Å². The molecule has 40 heavy (non-hydrogen) atoms. The van der Waals surface area contributed by atoms with Gasteiger partial charge < -0.3 is 28.7 Å². The zero-order valence-corrected chi connectivity index (χ0v) is 25.4. The highest BCUT2D eigenvalue weighted by Gasteiger charge is 2.13. The summed E-state index contributed by atoms with van der Waals surface area (Å²) in [6.07, 6.45) is 9.11. The summed E-state index contributed by atoms with van der Waals surface area (Å²) >= 11 is 0. The van der Waals surface area contributed by atoms with Crippen molar-refractivity contribution in [2.75, 3.05) is 80.8 Å². The molecule has 0 saturated heterocycles. The monoisotopic (exact) mass is 558 g/mol. The lowest BCUT2D eigenvalue weighted by atomic mass is 10.2. The van der Waals surface area contributed by atoms with E-state index in [2.05, 4.69) is 38.4 Å². The maximum absolute atomic E-state index is 9.11. The van der Waals surface area contributed by atoms with Crippen molar-refractivity contribution in [2.24, 2.45) is 10.2 Å². The van der Waals surface area contributed by atoms with Crippen molar-refractivity contribution in [3.8, 4) is 11.5 Å². The molecule has 0 aliphatic heterocycles. The summed E-state index contributed by atoms with van der Waals surface area (Å²) in [5.41, 5.74) is 1.57. The molecule has 0 amide bonds. The number of benzene rings is 2. The first-order chi connectivity index (χ1) is 19.2. The average Bonchev–Trinajstić information content (AvgIpc) is 2.92. The molecule has 2 rings (SSSR count). The molecule has 8 nitrogen and oxygen atoms in total. The van der Waals surface area contributed by atoms with Crippen molar-refractivity contribution < 1.29 is 28.7 Å². The van der Waals surface area contributed by atoms with Gasteiger partial charge in [-0.2, -0.15) is 10.2 Å². The number of ether oxygens (including phenoxy) is 2. The second-order valence-corrected chi connectivity index (χ2v) is 11.9. The van der Waals surface area contributed by atoms with Crippen molar-refractivity contribution in [2.45, 2.75) is 51.4 Å². The summed E-state index contributed by atoms with van der Waals surface area (Å²) in [4.78, 5) is 0. The minimum Gasteiger partial charge on any atom is -0.494 e. The molecule has 0 aromatic heterocycles. The number of aliphatic hydroxyl groups excluding tert-OH is 2. The van der Waals surface area contributed by atoms with E-state index >= 15 is 0 Å². The number of nitrogens with zero attached hydrogens (tertiary/aromatic N) is 4. The second-order valence-electron chi connectivity index (χ2n) is 11.9. The van der Waals surface area contributed by atoms with Gasteiger partial charge in [-0.05, 0) is 99.9 Å². The van der Waals surface area contributed by atoms with Crippen LogP contribution in [0.3, 0.4) is 0 Å². The fraction of sp³-hybridized carbons (Fsp3) is 0.625. The molecule has 0 saturated carbocycles. The van der Waals surface area contributed by atoms with E-state index < -0.39 is 0 Å². The van der Waals surface area contributed by atoms with Gasteiger partial charge in [0, 0.05) is 0 Å². The zero-order chi connectivity index (χ0) is 29.1. The molecule has 224 valence electrons. The Hall–Kier alpha value is -2.52. The van der Waals surface area contributed by atoms with Crippen LogP contribution in [0, 0.1) is 0 Å². The Labute approximate surface area is 242 Å². The summed E-state index contributed by atoms with van der Waals surface area (Å²) < 4.78 is 13.5. The van der Waals surface area contributed by atoms with Crippen LogP contribution < -0.4 is 9.47 Å². The van der Waals surface area contributed by atoms with E-state index in [-0.39, 0.29) is 13.2 Å². The number of unbranched alkanes of at least 4 members (excludes halogenated alkanes) is 6. The highest BCUT2D eigenvalue weighted by Crippen LogP contribution is 2.23. The number of hydrogen-bond acceptors (Lipinski definition) is 6. The van der Waals surface area contributed by atoms with Crippen LogP contribution in [0.1, 0.15) is 51.4 Å². The van der Waals surface area contributed by atoms with Gasteiger partial charge in [0.1, 0.15) is 24.6 Å². The quantitative estimate of drug-likeness (QED) is 0.104. The molecule has 0 bridgehead atoms. The SMILES string of the molecule is C[N+](C)(CCO)CCCCCCOc1ccc(N=Nc2ccc(OCCCCCC[N+](C)(C)CCO)cc2)cc1. The van der Waals surface area contributed by atoms with E-state index in [0.717, 1.165) is 83.7 Å². The molecule has 0 aliphatic rings. The van der Waals surface area contributed by atoms with E-state index in [4.69, 9.17) is 19.7 Å². The minimum atomic E-state index is 0.248. The number of likely N-dealkylation sites (N-methyl/N-ethyl adjacent to an activating group) is 2. The Morgan fingerprint density at radius 3 is 1.20 bits per heavy atom. The maximum atomic E-state index is 9.11. The normalized spacial score (nSPS) is 12.2. The Bertz CT molecular complexity index is 869. The third kappa shape index (κ3) is 15.3. The Balaban J connectivity index is 1.58. The van der Waals surface area contributed by atoms with Gasteiger partial charge in [0.2, 0.25) is 0 Å². The van der Waals surface area contributed by atoms with Crippen LogP contribution in [0.5, 0.6) is 11.5 Å². The van der Waals surface area contributed by atoms with Gasteiger partial charge in [-0.15, -0.1) is 0 Å². The maximum Gasteiger partial charge on any atom is 0.119 e. The van der Waals surface area contributed by atoms with Crippen molar-refractivity contribution >= 4 is 11.4 Å². The first kappa shape index (κ1) is 33.7. The molecule has 0 aliphatic carbocycles. The van der Waals surface area contributed by atoms with Crippen molar-refractivity contribution in [3.63, 3.8) is 0 Å². The highest BCUT2D eigenvalue weighted by atomic mass is 16.5. The van der Waals surface area contributed by atoms with E-state index in [0.29, 0.717) is 13.2 Å². The molecule has 2 aromatic carbocycles. The first-order valence-electron chi connectivity index (χ1n) is 15.0. The van der Waals surface area contributed by atoms with Gasteiger partial charge in [-0.3, -0.25) is 0 Å². The van der Waals surface area contributed by atoms with Crippen molar-refractivity contribution in [1.29, 1.82) is 0 Å². The second kappa shape index (κ2) is 18.8. The Morgan fingerprint density at radius 1 is 0.500 bits per heavy atom. The van der Waals surface area contributed by atoms with Gasteiger partial charge in [0.25, 0.3) is 0 Å². The fourth-order valence-corrected chi connectivity index (χ4v) is 4.47. The molecule has 0 fully saturated rings. The molecular formula is C32H54N4O4+2. The van der Waals surface area contributed by atoms with E-state index in [1.165, 1.54) is 25.7 Å². The van der Waals surface area contributed by atoms with E-state index in [9.17, 15) is 0 Å². The molecular weight excluding hydrogens is 504 g/mol. The molecule has 0 radical (unpaired) electrons. The topological polar surface area (TPSA) is 83.6 Å². The molecule has 0 atom stereocenters. The van der Waals surface area contributed by atoms with Crippen LogP contribution in [0.15, 0.2) is 58.8 Å². The third-order valence-corrected chi connectivity index (χ3v) is 7.22. The van der Waals surface area contributed by atoms with Gasteiger partial charge in [-0.25, -0.2) is 0 Å². The highest BCUT2D eigenvalue weighted by molar-refractivity contribution is 5.44. The predicted molar refractivity (Wildman–Crippen MR) is 163 cm³/mol.